The number of methoxy groups -OCH3 is 2. The van der Waals surface area contributed by atoms with Crippen molar-refractivity contribution >= 4 is 5.91 Å². The highest BCUT2D eigenvalue weighted by Gasteiger charge is 2.35. The molecule has 1 unspecified atom stereocenters. The van der Waals surface area contributed by atoms with Crippen LogP contribution in [0.15, 0.2) is 42.5 Å². The first-order valence-electron chi connectivity index (χ1n) is 6.95. The lowest BCUT2D eigenvalue weighted by atomic mass is 10.1. The molecule has 0 spiro atoms. The van der Waals surface area contributed by atoms with Crippen LogP contribution in [-0.4, -0.2) is 30.1 Å². The summed E-state index contributed by atoms with van der Waals surface area (Å²) in [6, 6.07) is 12.6. The molecule has 1 amide bonds. The van der Waals surface area contributed by atoms with E-state index in [2.05, 4.69) is 0 Å². The van der Waals surface area contributed by atoms with E-state index < -0.39 is 6.23 Å². The van der Waals surface area contributed by atoms with Gasteiger partial charge in [-0.25, -0.2) is 0 Å². The highest BCUT2D eigenvalue weighted by Crippen LogP contribution is 2.36. The van der Waals surface area contributed by atoms with Crippen molar-refractivity contribution in [3.8, 4) is 11.5 Å². The Labute approximate surface area is 128 Å². The quantitative estimate of drug-likeness (QED) is 0.941. The fraction of sp³-hybridized carbons (Fsp3) is 0.235. The van der Waals surface area contributed by atoms with Crippen molar-refractivity contribution in [2.24, 2.45) is 0 Å². The summed E-state index contributed by atoms with van der Waals surface area (Å²) in [4.78, 5) is 13.9. The number of carbonyl (C=O) groups is 1. The highest BCUT2D eigenvalue weighted by atomic mass is 16.5. The molecule has 5 nitrogen and oxygen atoms in total. The third kappa shape index (κ3) is 2.19. The maximum atomic E-state index is 12.5. The number of rotatable bonds is 4. The molecule has 0 aliphatic carbocycles. The van der Waals surface area contributed by atoms with E-state index in [9.17, 15) is 9.90 Å². The fourth-order valence-corrected chi connectivity index (χ4v) is 2.77. The summed E-state index contributed by atoms with van der Waals surface area (Å²) >= 11 is 0. The molecule has 0 saturated heterocycles. The number of fused-ring (bicyclic) bond motifs is 1. The number of para-hydroxylation sites is 1. The van der Waals surface area contributed by atoms with Crippen LogP contribution in [-0.2, 0) is 6.54 Å². The lowest BCUT2D eigenvalue weighted by Gasteiger charge is -2.22. The smallest absolute Gasteiger partial charge is 0.256 e. The number of nitrogens with zero attached hydrogens (tertiary/aromatic N) is 1. The fourth-order valence-electron chi connectivity index (χ4n) is 2.77. The molecule has 114 valence electrons. The minimum atomic E-state index is -0.945. The van der Waals surface area contributed by atoms with E-state index in [0.29, 0.717) is 22.6 Å². The van der Waals surface area contributed by atoms with Gasteiger partial charge in [0.05, 0.1) is 20.8 Å². The van der Waals surface area contributed by atoms with Gasteiger partial charge in [0.25, 0.3) is 5.91 Å². The lowest BCUT2D eigenvalue weighted by Crippen LogP contribution is -2.27. The second-order valence-corrected chi connectivity index (χ2v) is 5.05. The van der Waals surface area contributed by atoms with Gasteiger partial charge in [0.1, 0.15) is 0 Å². The third-order valence-electron chi connectivity index (χ3n) is 3.85. The minimum Gasteiger partial charge on any atom is -0.493 e. The van der Waals surface area contributed by atoms with Gasteiger partial charge in [-0.3, -0.25) is 4.79 Å². The number of benzene rings is 2. The summed E-state index contributed by atoms with van der Waals surface area (Å²) in [6.45, 7) is 0.245. The van der Waals surface area contributed by atoms with Gasteiger partial charge in [0.2, 0.25) is 0 Å². The van der Waals surface area contributed by atoms with Gasteiger partial charge in [-0.2, -0.15) is 0 Å². The summed E-state index contributed by atoms with van der Waals surface area (Å²) in [6.07, 6.45) is -0.945. The normalized spacial score (nSPS) is 16.6. The van der Waals surface area contributed by atoms with E-state index in [0.717, 1.165) is 5.56 Å². The molecule has 1 aliphatic rings. The largest absolute Gasteiger partial charge is 0.493 e. The van der Waals surface area contributed by atoms with E-state index in [1.54, 1.807) is 38.5 Å². The molecule has 0 radical (unpaired) electrons. The van der Waals surface area contributed by atoms with E-state index in [-0.39, 0.29) is 12.5 Å². The van der Waals surface area contributed by atoms with Crippen LogP contribution in [0.1, 0.15) is 27.7 Å². The molecule has 1 N–H and O–H groups in total. The zero-order chi connectivity index (χ0) is 15.7. The molecule has 0 saturated carbocycles. The maximum Gasteiger partial charge on any atom is 0.256 e. The van der Waals surface area contributed by atoms with Crippen LogP contribution >= 0.6 is 0 Å². The van der Waals surface area contributed by atoms with Crippen molar-refractivity contribution < 1.29 is 19.4 Å². The molecule has 0 fully saturated rings. The van der Waals surface area contributed by atoms with Gasteiger partial charge >= 0.3 is 0 Å². The Bertz CT molecular complexity index is 714. The predicted octanol–water partition coefficient (Wildman–Crippen LogP) is 2.35. The van der Waals surface area contributed by atoms with Crippen LogP contribution in [0.4, 0.5) is 0 Å². The van der Waals surface area contributed by atoms with Gasteiger partial charge in [0.15, 0.2) is 17.7 Å². The average Bonchev–Trinajstić information content (AvgIpc) is 2.80. The Morgan fingerprint density at radius 2 is 1.86 bits per heavy atom. The van der Waals surface area contributed by atoms with Crippen molar-refractivity contribution in [2.75, 3.05) is 14.2 Å². The van der Waals surface area contributed by atoms with Crippen molar-refractivity contribution in [3.63, 3.8) is 0 Å². The highest BCUT2D eigenvalue weighted by molar-refractivity contribution is 5.98. The summed E-state index contributed by atoms with van der Waals surface area (Å²) in [7, 11) is 3.12. The van der Waals surface area contributed by atoms with Gasteiger partial charge in [-0.1, -0.05) is 30.3 Å². The first-order valence-corrected chi connectivity index (χ1v) is 6.95. The Hall–Kier alpha value is -2.53. The first kappa shape index (κ1) is 14.4. The second-order valence-electron chi connectivity index (χ2n) is 5.05. The number of aliphatic hydroxyl groups is 1. The molecule has 3 rings (SSSR count). The van der Waals surface area contributed by atoms with Crippen LogP contribution in [0.3, 0.4) is 0 Å². The Morgan fingerprint density at radius 1 is 1.09 bits per heavy atom. The Morgan fingerprint density at radius 3 is 2.55 bits per heavy atom. The average molecular weight is 299 g/mol. The molecular formula is C17H17NO4. The SMILES string of the molecule is COc1cccc(CN2C(=O)c3ccccc3C2O)c1OC. The molecule has 5 heteroatoms. The summed E-state index contributed by atoms with van der Waals surface area (Å²) in [5.74, 6) is 0.979. The summed E-state index contributed by atoms with van der Waals surface area (Å²) in [5, 5.41) is 10.4. The molecule has 2 aromatic carbocycles. The number of ether oxygens (including phenoxy) is 2. The standard InChI is InChI=1S/C17H17NO4/c1-21-14-9-5-6-11(15(14)22-2)10-18-16(19)12-7-3-4-8-13(12)17(18)20/h3-9,16,19H,10H2,1-2H3. The monoisotopic (exact) mass is 299 g/mol. The number of amides is 1. The van der Waals surface area contributed by atoms with Crippen LogP contribution in [0.25, 0.3) is 0 Å². The van der Waals surface area contributed by atoms with Gasteiger partial charge < -0.3 is 19.5 Å². The summed E-state index contributed by atoms with van der Waals surface area (Å²) in [5.41, 5.74) is 1.95. The predicted molar refractivity (Wildman–Crippen MR) is 80.8 cm³/mol. The zero-order valence-electron chi connectivity index (χ0n) is 12.4. The summed E-state index contributed by atoms with van der Waals surface area (Å²) < 4.78 is 10.6. The molecule has 0 bridgehead atoms. The van der Waals surface area contributed by atoms with Crippen molar-refractivity contribution in [3.05, 3.63) is 59.2 Å². The second kappa shape index (κ2) is 5.69. The third-order valence-corrected chi connectivity index (χ3v) is 3.85. The van der Waals surface area contributed by atoms with Crippen molar-refractivity contribution in [2.45, 2.75) is 12.8 Å². The van der Waals surface area contributed by atoms with E-state index in [1.165, 1.54) is 4.90 Å². The topological polar surface area (TPSA) is 59.0 Å². The number of hydrogen-bond acceptors (Lipinski definition) is 4. The molecule has 1 heterocycles. The van der Waals surface area contributed by atoms with Crippen LogP contribution in [0.2, 0.25) is 0 Å². The Balaban J connectivity index is 1.94. The molecule has 22 heavy (non-hydrogen) atoms. The molecule has 1 atom stereocenters. The van der Waals surface area contributed by atoms with Crippen LogP contribution in [0, 0.1) is 0 Å². The van der Waals surface area contributed by atoms with E-state index >= 15 is 0 Å². The number of carbonyl (C=O) groups excluding carboxylic acids is 1. The van der Waals surface area contributed by atoms with Crippen LogP contribution in [0.5, 0.6) is 11.5 Å². The molecular weight excluding hydrogens is 282 g/mol. The minimum absolute atomic E-state index is 0.187. The van der Waals surface area contributed by atoms with Gasteiger partial charge in [-0.15, -0.1) is 0 Å². The van der Waals surface area contributed by atoms with Crippen LogP contribution < -0.4 is 9.47 Å². The number of aliphatic hydroxyl groups excluding tert-OH is 1. The van der Waals surface area contributed by atoms with E-state index in [1.807, 2.05) is 18.2 Å². The lowest BCUT2D eigenvalue weighted by molar-refractivity contribution is 0.0134. The van der Waals surface area contributed by atoms with E-state index in [4.69, 9.17) is 9.47 Å². The Kier molecular flexibility index (Phi) is 3.73. The van der Waals surface area contributed by atoms with Gasteiger partial charge in [-0.05, 0) is 12.1 Å². The number of hydrogen-bond donors (Lipinski definition) is 1. The molecule has 1 aliphatic heterocycles. The zero-order valence-corrected chi connectivity index (χ0v) is 12.4. The van der Waals surface area contributed by atoms with Crippen molar-refractivity contribution in [1.29, 1.82) is 0 Å². The molecule has 2 aromatic rings. The molecule has 0 aromatic heterocycles. The van der Waals surface area contributed by atoms with Gasteiger partial charge in [0, 0.05) is 16.7 Å². The van der Waals surface area contributed by atoms with Crippen molar-refractivity contribution in [1.82, 2.24) is 4.90 Å². The first-order chi connectivity index (χ1) is 10.7. The maximum absolute atomic E-state index is 12.5.